The second-order valence-corrected chi connectivity index (χ2v) is 7.94. The molecule has 4 rings (SSSR count). The van der Waals surface area contributed by atoms with E-state index >= 15 is 0 Å². The highest BCUT2D eigenvalue weighted by Gasteiger charge is 2.14. The summed E-state index contributed by atoms with van der Waals surface area (Å²) in [6.45, 7) is 0. The minimum Gasteiger partial charge on any atom is -0.378 e. The number of hydrogen-bond donors (Lipinski definition) is 0. The number of aromatic nitrogens is 1. The molecule has 0 radical (unpaired) electrons. The second kappa shape index (κ2) is 6.79. The second-order valence-electron chi connectivity index (χ2n) is 7.94. The molecule has 0 spiro atoms. The zero-order valence-corrected chi connectivity index (χ0v) is 17.6. The summed E-state index contributed by atoms with van der Waals surface area (Å²) in [7, 11) is 12.5. The molecule has 0 N–H and O–H groups in total. The van der Waals surface area contributed by atoms with Crippen LogP contribution in [0.2, 0.25) is 0 Å². The highest BCUT2D eigenvalue weighted by molar-refractivity contribution is 6.10. The van der Waals surface area contributed by atoms with E-state index in [9.17, 15) is 0 Å². The normalized spacial score (nSPS) is 11.2. The fourth-order valence-corrected chi connectivity index (χ4v) is 3.73. The molecule has 3 aromatic carbocycles. The van der Waals surface area contributed by atoms with E-state index < -0.39 is 0 Å². The van der Waals surface area contributed by atoms with Crippen LogP contribution in [-0.2, 0) is 0 Å². The first-order chi connectivity index (χ1) is 13.4. The first kappa shape index (κ1) is 18.2. The molecule has 1 aromatic heterocycles. The monoisotopic (exact) mass is 372 g/mol. The van der Waals surface area contributed by atoms with Gasteiger partial charge in [-0.05, 0) is 48.5 Å². The van der Waals surface area contributed by atoms with Crippen molar-refractivity contribution in [2.24, 2.45) is 0 Å². The van der Waals surface area contributed by atoms with Crippen LogP contribution in [0.25, 0.3) is 27.5 Å². The van der Waals surface area contributed by atoms with Crippen LogP contribution in [0.4, 0.5) is 17.1 Å². The summed E-state index contributed by atoms with van der Waals surface area (Å²) in [5.74, 6) is 0. The van der Waals surface area contributed by atoms with Gasteiger partial charge in [-0.3, -0.25) is 0 Å². The molecule has 0 aliphatic heterocycles. The zero-order chi connectivity index (χ0) is 20.0. The van der Waals surface area contributed by atoms with Crippen LogP contribution in [-0.4, -0.2) is 46.9 Å². The lowest BCUT2D eigenvalue weighted by molar-refractivity contribution is 1.11. The van der Waals surface area contributed by atoms with Crippen LogP contribution in [0.5, 0.6) is 0 Å². The quantitative estimate of drug-likeness (QED) is 0.502. The smallest absolute Gasteiger partial charge is 0.0561 e. The third-order valence-electron chi connectivity index (χ3n) is 5.39. The number of nitrogens with zero attached hydrogens (tertiary/aromatic N) is 4. The summed E-state index contributed by atoms with van der Waals surface area (Å²) < 4.78 is 2.38. The Bertz CT molecular complexity index is 1070. The lowest BCUT2D eigenvalue weighted by Gasteiger charge is -2.16. The first-order valence-corrected chi connectivity index (χ1v) is 9.57. The van der Waals surface area contributed by atoms with Crippen molar-refractivity contribution in [1.29, 1.82) is 0 Å². The maximum atomic E-state index is 2.38. The Morgan fingerprint density at radius 3 is 1.29 bits per heavy atom. The standard InChI is InChI=1S/C24H28N4/c1-25(2)17-7-9-18(10-8-17)28-23-15-19(26(3)4)11-13-21(23)22-14-12-20(27(5)6)16-24(22)28/h7-16H,1-6H3. The Morgan fingerprint density at radius 1 is 0.500 bits per heavy atom. The van der Waals surface area contributed by atoms with Gasteiger partial charge in [0.2, 0.25) is 0 Å². The van der Waals surface area contributed by atoms with Gasteiger partial charge >= 0.3 is 0 Å². The van der Waals surface area contributed by atoms with Crippen molar-refractivity contribution in [3.63, 3.8) is 0 Å². The van der Waals surface area contributed by atoms with Crippen molar-refractivity contribution in [2.45, 2.75) is 0 Å². The Morgan fingerprint density at radius 2 is 0.893 bits per heavy atom. The summed E-state index contributed by atoms with van der Waals surface area (Å²) in [5.41, 5.74) is 7.25. The molecule has 0 aliphatic carbocycles. The van der Waals surface area contributed by atoms with Gasteiger partial charge in [-0.2, -0.15) is 0 Å². The van der Waals surface area contributed by atoms with Crippen LogP contribution in [0.3, 0.4) is 0 Å². The van der Waals surface area contributed by atoms with E-state index in [-0.39, 0.29) is 0 Å². The van der Waals surface area contributed by atoms with Crippen LogP contribution >= 0.6 is 0 Å². The number of rotatable bonds is 4. The topological polar surface area (TPSA) is 14.7 Å². The number of hydrogen-bond acceptors (Lipinski definition) is 3. The van der Waals surface area contributed by atoms with Gasteiger partial charge in [0.1, 0.15) is 0 Å². The molecule has 1 heterocycles. The summed E-state index contributed by atoms with van der Waals surface area (Å²) in [6, 6.07) is 22.2. The Balaban J connectivity index is 2.06. The average Bonchev–Trinajstić information content (AvgIpc) is 3.00. The van der Waals surface area contributed by atoms with E-state index in [0.717, 1.165) is 0 Å². The van der Waals surface area contributed by atoms with E-state index in [4.69, 9.17) is 0 Å². The van der Waals surface area contributed by atoms with Crippen molar-refractivity contribution >= 4 is 38.9 Å². The summed E-state index contributed by atoms with van der Waals surface area (Å²) in [4.78, 5) is 6.44. The van der Waals surface area contributed by atoms with Crippen molar-refractivity contribution in [3.05, 3.63) is 60.7 Å². The molecular formula is C24H28N4. The van der Waals surface area contributed by atoms with Crippen LogP contribution in [0.1, 0.15) is 0 Å². The predicted molar refractivity (Wildman–Crippen MR) is 124 cm³/mol. The molecule has 4 nitrogen and oxygen atoms in total. The Labute approximate surface area is 167 Å². The van der Waals surface area contributed by atoms with Gasteiger partial charge in [0.05, 0.1) is 11.0 Å². The molecule has 0 saturated heterocycles. The third-order valence-corrected chi connectivity index (χ3v) is 5.39. The van der Waals surface area contributed by atoms with Gasteiger partial charge in [0.25, 0.3) is 0 Å². The van der Waals surface area contributed by atoms with Gasteiger partial charge < -0.3 is 19.3 Å². The molecular weight excluding hydrogens is 344 g/mol. The fourth-order valence-electron chi connectivity index (χ4n) is 3.73. The molecule has 0 fully saturated rings. The molecule has 0 bridgehead atoms. The summed E-state index contributed by atoms with van der Waals surface area (Å²) in [6.07, 6.45) is 0. The number of fused-ring (bicyclic) bond motifs is 3. The molecule has 0 aliphatic rings. The van der Waals surface area contributed by atoms with Crippen LogP contribution in [0.15, 0.2) is 60.7 Å². The number of anilines is 3. The van der Waals surface area contributed by atoms with Crippen LogP contribution < -0.4 is 14.7 Å². The summed E-state index contributed by atoms with van der Waals surface area (Å²) >= 11 is 0. The third kappa shape index (κ3) is 2.95. The summed E-state index contributed by atoms with van der Waals surface area (Å²) in [5, 5.41) is 2.56. The van der Waals surface area contributed by atoms with Gasteiger partial charge in [-0.1, -0.05) is 12.1 Å². The first-order valence-electron chi connectivity index (χ1n) is 9.57. The van der Waals surface area contributed by atoms with Gasteiger partial charge in [0, 0.05) is 75.8 Å². The fraction of sp³-hybridized carbons (Fsp3) is 0.250. The maximum Gasteiger partial charge on any atom is 0.0561 e. The molecule has 0 atom stereocenters. The van der Waals surface area contributed by atoms with E-state index in [1.807, 2.05) is 0 Å². The van der Waals surface area contributed by atoms with Crippen molar-refractivity contribution in [3.8, 4) is 5.69 Å². The average molecular weight is 373 g/mol. The lowest BCUT2D eigenvalue weighted by Crippen LogP contribution is -2.09. The molecule has 4 aromatic rings. The Hall–Kier alpha value is -3.14. The molecule has 0 unspecified atom stereocenters. The van der Waals surface area contributed by atoms with E-state index in [1.54, 1.807) is 0 Å². The van der Waals surface area contributed by atoms with Gasteiger partial charge in [-0.25, -0.2) is 0 Å². The molecule has 0 saturated carbocycles. The van der Waals surface area contributed by atoms with Gasteiger partial charge in [0.15, 0.2) is 0 Å². The van der Waals surface area contributed by atoms with Crippen molar-refractivity contribution in [1.82, 2.24) is 4.57 Å². The zero-order valence-electron chi connectivity index (χ0n) is 17.6. The lowest BCUT2D eigenvalue weighted by atomic mass is 10.1. The number of benzene rings is 3. The van der Waals surface area contributed by atoms with Crippen molar-refractivity contribution in [2.75, 3.05) is 57.0 Å². The largest absolute Gasteiger partial charge is 0.378 e. The maximum absolute atomic E-state index is 2.38. The molecule has 0 amide bonds. The van der Waals surface area contributed by atoms with E-state index in [0.29, 0.717) is 0 Å². The SMILES string of the molecule is CN(C)c1ccc(-n2c3cc(N(C)C)ccc3c3ccc(N(C)C)cc32)cc1. The molecule has 4 heteroatoms. The van der Waals surface area contributed by atoms with Crippen LogP contribution in [0, 0.1) is 0 Å². The minimum absolute atomic E-state index is 1.18. The van der Waals surface area contributed by atoms with Crippen molar-refractivity contribution < 1.29 is 0 Å². The minimum atomic E-state index is 1.18. The Kier molecular flexibility index (Phi) is 4.42. The van der Waals surface area contributed by atoms with Gasteiger partial charge in [-0.15, -0.1) is 0 Å². The molecule has 28 heavy (non-hydrogen) atoms. The highest BCUT2D eigenvalue weighted by atomic mass is 15.1. The molecule has 144 valence electrons. The van der Waals surface area contributed by atoms with E-state index in [2.05, 4.69) is 122 Å². The predicted octanol–water partition coefficient (Wildman–Crippen LogP) is 4.98. The van der Waals surface area contributed by atoms with E-state index in [1.165, 1.54) is 44.6 Å². The highest BCUT2D eigenvalue weighted by Crippen LogP contribution is 2.36.